The summed E-state index contributed by atoms with van der Waals surface area (Å²) in [5, 5.41) is 72.6. The zero-order valence-electron chi connectivity index (χ0n) is 35.4. The molecule has 5 unspecified atom stereocenters. The summed E-state index contributed by atoms with van der Waals surface area (Å²) in [7, 11) is 0. The van der Waals surface area contributed by atoms with Crippen LogP contribution in [0.1, 0.15) is 198 Å². The molecular weight excluding hydrogens is 652 g/mol. The lowest BCUT2D eigenvalue weighted by atomic mass is 9.84. The quantitative estimate of drug-likeness (QED) is 0.0364. The molecule has 0 saturated carbocycles. The van der Waals surface area contributed by atoms with Crippen molar-refractivity contribution in [3.05, 3.63) is 46.6 Å². The Morgan fingerprint density at radius 1 is 0.442 bits per heavy atom. The van der Waals surface area contributed by atoms with E-state index < -0.39 is 34.1 Å². The molecule has 0 fully saturated rings. The summed E-state index contributed by atoms with van der Waals surface area (Å²) >= 11 is 0. The summed E-state index contributed by atoms with van der Waals surface area (Å²) in [6.07, 6.45) is 23.1. The van der Waals surface area contributed by atoms with E-state index in [-0.39, 0.29) is 6.61 Å². The Balaban J connectivity index is 4.33. The highest BCUT2D eigenvalue weighted by molar-refractivity contribution is 5.07. The van der Waals surface area contributed by atoms with Gasteiger partial charge in [-0.25, -0.2) is 0 Å². The maximum atomic E-state index is 11.0. The van der Waals surface area contributed by atoms with Crippen LogP contribution in [-0.4, -0.2) is 76.5 Å². The number of rotatable bonds is 30. The number of allylic oxidation sites excluding steroid dienone is 7. The van der Waals surface area contributed by atoms with Crippen molar-refractivity contribution in [1.29, 1.82) is 0 Å². The third-order valence-corrected chi connectivity index (χ3v) is 10.9. The molecule has 0 amide bonds. The highest BCUT2D eigenvalue weighted by Gasteiger charge is 2.30. The number of aliphatic hydroxyl groups is 7. The zero-order chi connectivity index (χ0) is 40.1. The molecule has 0 saturated heterocycles. The molecule has 0 aromatic carbocycles. The molecule has 0 heterocycles. The van der Waals surface area contributed by atoms with Crippen LogP contribution in [0.2, 0.25) is 0 Å². The van der Waals surface area contributed by atoms with Crippen molar-refractivity contribution < 1.29 is 35.7 Å². The van der Waals surface area contributed by atoms with Gasteiger partial charge in [-0.05, 0) is 198 Å². The normalized spacial score (nSPS) is 19.2. The first-order valence-electron chi connectivity index (χ1n) is 20.4. The van der Waals surface area contributed by atoms with Gasteiger partial charge in [-0.2, -0.15) is 0 Å². The average molecular weight is 737 g/mol. The van der Waals surface area contributed by atoms with Crippen LogP contribution in [0.5, 0.6) is 0 Å². The molecule has 0 bridgehead atoms. The molecule has 5 atom stereocenters. The van der Waals surface area contributed by atoms with Crippen molar-refractivity contribution in [2.75, 3.05) is 6.61 Å². The summed E-state index contributed by atoms with van der Waals surface area (Å²) in [6.45, 7) is 19.2. The topological polar surface area (TPSA) is 142 Å². The first kappa shape index (κ1) is 50.7. The first-order chi connectivity index (χ1) is 23.9. The molecular formula is C45H84O7. The molecule has 7 nitrogen and oxygen atoms in total. The van der Waals surface area contributed by atoms with Crippen molar-refractivity contribution in [1.82, 2.24) is 0 Å². The van der Waals surface area contributed by atoms with Crippen LogP contribution in [0.25, 0.3) is 0 Å². The number of hydrogen-bond acceptors (Lipinski definition) is 7. The molecule has 0 spiro atoms. The summed E-state index contributed by atoms with van der Waals surface area (Å²) < 4.78 is 0. The van der Waals surface area contributed by atoms with Crippen LogP contribution in [-0.2, 0) is 0 Å². The summed E-state index contributed by atoms with van der Waals surface area (Å²) in [4.78, 5) is 0. The molecule has 0 aliphatic heterocycles. The minimum Gasteiger partial charge on any atom is -0.392 e. The Morgan fingerprint density at radius 2 is 0.731 bits per heavy atom. The summed E-state index contributed by atoms with van der Waals surface area (Å²) in [5.74, 6) is 0. The predicted octanol–water partition coefficient (Wildman–Crippen LogP) is 9.70. The Hall–Kier alpha value is -1.32. The molecule has 306 valence electrons. The minimum absolute atomic E-state index is 0.122. The molecule has 7 N–H and O–H groups in total. The smallest absolute Gasteiger partial charge is 0.0849 e. The maximum Gasteiger partial charge on any atom is 0.0849 e. The Bertz CT molecular complexity index is 1090. The van der Waals surface area contributed by atoms with Gasteiger partial charge >= 0.3 is 0 Å². The minimum atomic E-state index is -1.20. The van der Waals surface area contributed by atoms with Crippen LogP contribution >= 0.6 is 0 Å². The lowest BCUT2D eigenvalue weighted by Gasteiger charge is -2.31. The van der Waals surface area contributed by atoms with E-state index in [2.05, 4.69) is 45.9 Å². The van der Waals surface area contributed by atoms with Gasteiger partial charge in [0, 0.05) is 0 Å². The fraction of sp³-hybridized carbons (Fsp3) is 0.822. The molecule has 0 aliphatic carbocycles. The Morgan fingerprint density at radius 3 is 1.06 bits per heavy atom. The van der Waals surface area contributed by atoms with Crippen molar-refractivity contribution in [3.8, 4) is 0 Å². The van der Waals surface area contributed by atoms with Gasteiger partial charge in [0.05, 0.1) is 40.7 Å². The second-order valence-electron chi connectivity index (χ2n) is 18.1. The lowest BCUT2D eigenvalue weighted by molar-refractivity contribution is -0.0649. The second-order valence-corrected chi connectivity index (χ2v) is 18.1. The van der Waals surface area contributed by atoms with Crippen LogP contribution in [0.15, 0.2) is 46.6 Å². The number of aliphatic hydroxyl groups excluding tert-OH is 2. The third-order valence-electron chi connectivity index (χ3n) is 10.9. The van der Waals surface area contributed by atoms with E-state index in [1.54, 1.807) is 20.8 Å². The van der Waals surface area contributed by atoms with Gasteiger partial charge in [-0.1, -0.05) is 46.6 Å². The van der Waals surface area contributed by atoms with Gasteiger partial charge in [0.15, 0.2) is 0 Å². The van der Waals surface area contributed by atoms with Gasteiger partial charge in [0.2, 0.25) is 0 Å². The SMILES string of the molecule is C/C(=C\CO)CC/C=C(\C)CC/C=C(\C)CC/C=C(\C)CCCC(C)(O)CCCC(C)(O)CCCC(C)(O)CCCC(C)(O)CCC(O)C(C)(C)O. The van der Waals surface area contributed by atoms with Crippen molar-refractivity contribution in [3.63, 3.8) is 0 Å². The van der Waals surface area contributed by atoms with Crippen LogP contribution in [0, 0.1) is 0 Å². The van der Waals surface area contributed by atoms with E-state index in [9.17, 15) is 30.6 Å². The van der Waals surface area contributed by atoms with Gasteiger partial charge in [-0.3, -0.25) is 0 Å². The van der Waals surface area contributed by atoms with Crippen molar-refractivity contribution in [2.45, 2.75) is 232 Å². The molecule has 0 aromatic rings. The lowest BCUT2D eigenvalue weighted by Crippen LogP contribution is -2.38. The van der Waals surface area contributed by atoms with E-state index in [0.717, 1.165) is 64.2 Å². The fourth-order valence-electron chi connectivity index (χ4n) is 6.80. The molecule has 0 rings (SSSR count). The molecule has 0 aromatic heterocycles. The Kier molecular flexibility index (Phi) is 24.3. The van der Waals surface area contributed by atoms with E-state index in [4.69, 9.17) is 5.11 Å². The van der Waals surface area contributed by atoms with Crippen LogP contribution < -0.4 is 0 Å². The van der Waals surface area contributed by atoms with E-state index >= 15 is 0 Å². The molecule has 0 aliphatic rings. The van der Waals surface area contributed by atoms with E-state index in [0.29, 0.717) is 64.2 Å². The molecule has 0 radical (unpaired) electrons. The van der Waals surface area contributed by atoms with Gasteiger partial charge in [0.25, 0.3) is 0 Å². The van der Waals surface area contributed by atoms with Gasteiger partial charge < -0.3 is 35.7 Å². The highest BCUT2D eigenvalue weighted by Crippen LogP contribution is 2.30. The maximum absolute atomic E-state index is 11.0. The fourth-order valence-corrected chi connectivity index (χ4v) is 6.80. The van der Waals surface area contributed by atoms with E-state index in [1.165, 1.54) is 22.3 Å². The Labute approximate surface area is 320 Å². The second kappa shape index (κ2) is 25.0. The van der Waals surface area contributed by atoms with E-state index in [1.807, 2.05) is 26.8 Å². The third kappa shape index (κ3) is 28.2. The summed E-state index contributed by atoms with van der Waals surface area (Å²) in [6, 6.07) is 0. The molecule has 7 heteroatoms. The summed E-state index contributed by atoms with van der Waals surface area (Å²) in [5.41, 5.74) is 0.804. The largest absolute Gasteiger partial charge is 0.392 e. The van der Waals surface area contributed by atoms with Crippen LogP contribution in [0.3, 0.4) is 0 Å². The highest BCUT2D eigenvalue weighted by atomic mass is 16.3. The standard InChI is InChI=1S/C45H84O7/c1-36(18-11-19-37(2)21-13-23-39(4)26-35-46)20-12-22-38(3)24-14-27-42(7,49)28-15-29-43(8,50)30-16-31-44(9,51)32-17-33-45(10,52)34-25-40(47)41(5,6)48/h18,21-22,26,40,46-52H,11-17,19-20,23-25,27-35H2,1-10H3/b36-18+,37-21+,38-22+,39-26+. The van der Waals surface area contributed by atoms with Gasteiger partial charge in [0.1, 0.15) is 0 Å². The van der Waals surface area contributed by atoms with Crippen molar-refractivity contribution >= 4 is 0 Å². The molecule has 52 heavy (non-hydrogen) atoms. The predicted molar refractivity (Wildman–Crippen MR) is 219 cm³/mol. The zero-order valence-corrected chi connectivity index (χ0v) is 35.4. The van der Waals surface area contributed by atoms with Gasteiger partial charge in [-0.15, -0.1) is 0 Å². The average Bonchev–Trinajstić information content (AvgIpc) is 2.98. The van der Waals surface area contributed by atoms with Crippen LogP contribution in [0.4, 0.5) is 0 Å². The van der Waals surface area contributed by atoms with Crippen molar-refractivity contribution in [2.24, 2.45) is 0 Å². The first-order valence-corrected chi connectivity index (χ1v) is 20.4. The number of hydrogen-bond donors (Lipinski definition) is 7. The monoisotopic (exact) mass is 737 g/mol.